The van der Waals surface area contributed by atoms with Crippen LogP contribution in [-0.4, -0.2) is 18.9 Å². The van der Waals surface area contributed by atoms with Crippen molar-refractivity contribution in [3.8, 4) is 0 Å². The monoisotopic (exact) mass is 445 g/mol. The van der Waals surface area contributed by atoms with Crippen molar-refractivity contribution in [2.45, 2.75) is 125 Å². The number of rotatable bonds is 7. The number of ketones is 1. The van der Waals surface area contributed by atoms with E-state index >= 15 is 0 Å². The van der Waals surface area contributed by atoms with Crippen LogP contribution in [0.15, 0.2) is 30.9 Å². The van der Waals surface area contributed by atoms with E-state index in [2.05, 4.69) is 71.8 Å². The Kier molecular flexibility index (Phi) is 22.0. The van der Waals surface area contributed by atoms with Gasteiger partial charge in [0.05, 0.1) is 0 Å². The van der Waals surface area contributed by atoms with Crippen molar-refractivity contribution in [1.29, 1.82) is 0 Å². The highest BCUT2D eigenvalue weighted by atomic mass is 16.1. The van der Waals surface area contributed by atoms with Crippen molar-refractivity contribution in [3.63, 3.8) is 0 Å². The molecule has 0 heterocycles. The van der Waals surface area contributed by atoms with Crippen molar-refractivity contribution in [3.05, 3.63) is 47.5 Å². The quantitative estimate of drug-likeness (QED) is 0.424. The Labute approximate surface area is 201 Å². The zero-order valence-electron chi connectivity index (χ0n) is 23.0. The highest BCUT2D eigenvalue weighted by Crippen LogP contribution is 2.36. The molecule has 1 N–H and O–H groups in total. The zero-order valence-corrected chi connectivity index (χ0v) is 23.0. The second-order valence-corrected chi connectivity index (χ2v) is 9.40. The predicted octanol–water partition coefficient (Wildman–Crippen LogP) is 8.95. The standard InChI is InChI=1S/C15H22.C8H19N.C4H8O.C3H6/c1-11-4-6-14(7-5-11)15-9-12(2)8-13(3)10-15;1-4-6-8(9-3)7-5-2;1-3-4(2)5;1-3-2/h8-11,14H,4-7H2,1-3H3;8-9H,4-7H2,1-3H3;3H2,1-2H3;3H,1H2,2H3. The third-order valence-electron chi connectivity index (χ3n) is 5.91. The molecule has 0 unspecified atom stereocenters. The summed E-state index contributed by atoms with van der Waals surface area (Å²) in [5.41, 5.74) is 4.42. The molecule has 0 spiro atoms. The van der Waals surface area contributed by atoms with Crippen molar-refractivity contribution < 1.29 is 4.79 Å². The van der Waals surface area contributed by atoms with Crippen molar-refractivity contribution >= 4 is 5.78 Å². The van der Waals surface area contributed by atoms with Crippen LogP contribution in [0.1, 0.15) is 122 Å². The molecule has 1 fully saturated rings. The molecule has 0 amide bonds. The van der Waals surface area contributed by atoms with Gasteiger partial charge in [-0.15, -0.1) is 6.58 Å². The van der Waals surface area contributed by atoms with Crippen LogP contribution >= 0.6 is 0 Å². The van der Waals surface area contributed by atoms with E-state index in [-0.39, 0.29) is 5.78 Å². The summed E-state index contributed by atoms with van der Waals surface area (Å²) in [7, 11) is 2.05. The van der Waals surface area contributed by atoms with Gasteiger partial charge < -0.3 is 10.1 Å². The molecule has 0 aliphatic heterocycles. The molecule has 0 atom stereocenters. The first-order valence-corrected chi connectivity index (χ1v) is 13.0. The minimum atomic E-state index is 0.255. The third kappa shape index (κ3) is 18.2. The first-order chi connectivity index (χ1) is 15.2. The second-order valence-electron chi connectivity index (χ2n) is 9.40. The van der Waals surface area contributed by atoms with E-state index in [1.165, 1.54) is 62.5 Å². The van der Waals surface area contributed by atoms with E-state index in [4.69, 9.17) is 0 Å². The maximum absolute atomic E-state index is 9.81. The third-order valence-corrected chi connectivity index (χ3v) is 5.91. The highest BCUT2D eigenvalue weighted by molar-refractivity contribution is 5.74. The molecule has 2 rings (SSSR count). The summed E-state index contributed by atoms with van der Waals surface area (Å²) in [6.45, 7) is 20.0. The Balaban J connectivity index is 0. The molecule has 32 heavy (non-hydrogen) atoms. The van der Waals surface area contributed by atoms with E-state index in [0.717, 1.165) is 17.9 Å². The lowest BCUT2D eigenvalue weighted by atomic mass is 9.79. The van der Waals surface area contributed by atoms with Gasteiger partial charge in [-0.3, -0.25) is 0 Å². The Morgan fingerprint density at radius 3 is 1.75 bits per heavy atom. The lowest BCUT2D eigenvalue weighted by molar-refractivity contribution is -0.116. The smallest absolute Gasteiger partial charge is 0.129 e. The number of hydrogen-bond acceptors (Lipinski definition) is 2. The fourth-order valence-corrected chi connectivity index (χ4v) is 3.97. The van der Waals surface area contributed by atoms with E-state index in [1.807, 2.05) is 13.8 Å². The Hall–Kier alpha value is -1.41. The number of carbonyl (C=O) groups excluding carboxylic acids is 1. The summed E-state index contributed by atoms with van der Waals surface area (Å²) in [5, 5.41) is 3.30. The number of allylic oxidation sites excluding steroid dienone is 1. The van der Waals surface area contributed by atoms with Crippen LogP contribution in [0.4, 0.5) is 0 Å². The van der Waals surface area contributed by atoms with Gasteiger partial charge in [-0.2, -0.15) is 0 Å². The average Bonchev–Trinajstić information content (AvgIpc) is 2.75. The number of aryl methyl sites for hydroxylation is 2. The fourth-order valence-electron chi connectivity index (χ4n) is 3.97. The summed E-state index contributed by atoms with van der Waals surface area (Å²) in [6.07, 6.45) is 13.3. The lowest BCUT2D eigenvalue weighted by Crippen LogP contribution is -2.24. The van der Waals surface area contributed by atoms with Gasteiger partial charge >= 0.3 is 0 Å². The van der Waals surface area contributed by atoms with Gasteiger partial charge in [0.15, 0.2) is 0 Å². The first-order valence-electron chi connectivity index (χ1n) is 13.0. The second kappa shape index (κ2) is 21.4. The van der Waals surface area contributed by atoms with Crippen LogP contribution in [0.2, 0.25) is 0 Å². The number of Topliss-reactive ketones (excluding diaryl/α,β-unsaturated/α-hetero) is 1. The molecule has 0 radical (unpaired) electrons. The summed E-state index contributed by atoms with van der Waals surface area (Å²) in [4.78, 5) is 9.81. The van der Waals surface area contributed by atoms with Crippen LogP contribution in [0.5, 0.6) is 0 Å². The van der Waals surface area contributed by atoms with Gasteiger partial charge in [-0.05, 0) is 77.8 Å². The van der Waals surface area contributed by atoms with E-state index in [0.29, 0.717) is 6.42 Å². The predicted molar refractivity (Wildman–Crippen MR) is 146 cm³/mol. The molecule has 1 aromatic rings. The molecule has 2 heteroatoms. The SMILES string of the molecule is C=CC.CCC(C)=O.CCCC(CCC)NC.Cc1cc(C)cc(C2CCC(C)CC2)c1. The van der Waals surface area contributed by atoms with Gasteiger partial charge in [-0.1, -0.05) is 88.8 Å². The molecule has 0 saturated heterocycles. The minimum Gasteiger partial charge on any atom is -0.317 e. The van der Waals surface area contributed by atoms with Gasteiger partial charge in [0.1, 0.15) is 5.78 Å². The Bertz CT molecular complexity index is 558. The molecule has 1 aromatic carbocycles. The van der Waals surface area contributed by atoms with E-state index in [9.17, 15) is 4.79 Å². The zero-order chi connectivity index (χ0) is 24.9. The van der Waals surface area contributed by atoms with Gasteiger partial charge in [0, 0.05) is 12.5 Å². The molecular formula is C30H55NO. The highest BCUT2D eigenvalue weighted by Gasteiger charge is 2.19. The molecule has 1 aliphatic rings. The number of nitrogens with one attached hydrogen (secondary N) is 1. The molecule has 2 nitrogen and oxygen atoms in total. The lowest BCUT2D eigenvalue weighted by Gasteiger charge is -2.27. The summed E-state index contributed by atoms with van der Waals surface area (Å²) in [5.74, 6) is 2.04. The Morgan fingerprint density at radius 1 is 1.03 bits per heavy atom. The van der Waals surface area contributed by atoms with Crippen LogP contribution < -0.4 is 5.32 Å². The minimum absolute atomic E-state index is 0.255. The van der Waals surface area contributed by atoms with Crippen molar-refractivity contribution in [1.82, 2.24) is 5.32 Å². The van der Waals surface area contributed by atoms with Crippen molar-refractivity contribution in [2.24, 2.45) is 5.92 Å². The van der Waals surface area contributed by atoms with Gasteiger partial charge in [0.2, 0.25) is 0 Å². The summed E-state index contributed by atoms with van der Waals surface area (Å²) < 4.78 is 0. The average molecular weight is 446 g/mol. The van der Waals surface area contributed by atoms with Gasteiger partial charge in [0.25, 0.3) is 0 Å². The summed E-state index contributed by atoms with van der Waals surface area (Å²) in [6, 6.07) is 7.80. The van der Waals surface area contributed by atoms with E-state index in [1.54, 1.807) is 18.6 Å². The largest absolute Gasteiger partial charge is 0.317 e. The fraction of sp³-hybridized carbons (Fsp3) is 0.700. The number of benzene rings is 1. The molecule has 1 saturated carbocycles. The molecular weight excluding hydrogens is 390 g/mol. The molecule has 1 aliphatic carbocycles. The maximum atomic E-state index is 9.81. The van der Waals surface area contributed by atoms with Crippen LogP contribution in [-0.2, 0) is 4.79 Å². The molecule has 0 aromatic heterocycles. The maximum Gasteiger partial charge on any atom is 0.129 e. The Morgan fingerprint density at radius 2 is 1.44 bits per heavy atom. The van der Waals surface area contributed by atoms with Gasteiger partial charge in [-0.25, -0.2) is 0 Å². The number of carbonyl (C=O) groups is 1. The topological polar surface area (TPSA) is 29.1 Å². The first kappa shape index (κ1) is 32.8. The molecule has 0 bridgehead atoms. The van der Waals surface area contributed by atoms with Crippen LogP contribution in [0.3, 0.4) is 0 Å². The normalized spacial score (nSPS) is 17.1. The van der Waals surface area contributed by atoms with Crippen LogP contribution in [0.25, 0.3) is 0 Å². The van der Waals surface area contributed by atoms with E-state index < -0.39 is 0 Å². The molecule has 186 valence electrons. The van der Waals surface area contributed by atoms with Crippen molar-refractivity contribution in [2.75, 3.05) is 7.05 Å². The van der Waals surface area contributed by atoms with Crippen LogP contribution in [0, 0.1) is 19.8 Å². The number of hydrogen-bond donors (Lipinski definition) is 1. The summed E-state index contributed by atoms with van der Waals surface area (Å²) >= 11 is 0.